The standard InChI is InChI=1S/C18H30N2O/c1-13(20-5-3-2-4-6-20)17(21)19-18-10-14-7-15(11-18)9-16(8-14)12-18/h13-16H,2-12H2,1H3,(H,19,21)/p+1/t13-,14?,15?,16?,18?/m0/s1. The van der Waals surface area contributed by atoms with E-state index in [4.69, 9.17) is 0 Å². The lowest BCUT2D eigenvalue weighted by molar-refractivity contribution is -0.918. The van der Waals surface area contributed by atoms with Crippen LogP contribution in [-0.2, 0) is 4.79 Å². The number of amides is 1. The van der Waals surface area contributed by atoms with Crippen molar-refractivity contribution in [1.29, 1.82) is 0 Å². The first-order valence-corrected chi connectivity index (χ1v) is 9.30. The van der Waals surface area contributed by atoms with Gasteiger partial charge in [0.1, 0.15) is 0 Å². The monoisotopic (exact) mass is 291 g/mol. The van der Waals surface area contributed by atoms with Gasteiger partial charge in [0.25, 0.3) is 5.91 Å². The second kappa shape index (κ2) is 5.26. The lowest BCUT2D eigenvalue weighted by atomic mass is 9.53. The zero-order valence-corrected chi connectivity index (χ0v) is 13.5. The highest BCUT2D eigenvalue weighted by molar-refractivity contribution is 5.80. The van der Waals surface area contributed by atoms with Crippen molar-refractivity contribution >= 4 is 5.91 Å². The Bertz CT molecular complexity index is 378. The molecule has 3 nitrogen and oxygen atoms in total. The molecule has 1 atom stereocenters. The third-order valence-electron chi connectivity index (χ3n) is 6.93. The van der Waals surface area contributed by atoms with E-state index in [2.05, 4.69) is 12.2 Å². The molecule has 1 aliphatic heterocycles. The van der Waals surface area contributed by atoms with Gasteiger partial charge >= 0.3 is 0 Å². The smallest absolute Gasteiger partial charge is 0.278 e. The molecule has 0 unspecified atom stereocenters. The number of nitrogens with one attached hydrogen (secondary N) is 2. The molecule has 118 valence electrons. The van der Waals surface area contributed by atoms with E-state index in [1.54, 1.807) is 0 Å². The molecular formula is C18H31N2O+. The van der Waals surface area contributed by atoms with Crippen LogP contribution in [0.1, 0.15) is 64.7 Å². The molecule has 0 aromatic heterocycles. The van der Waals surface area contributed by atoms with Crippen LogP contribution in [0.3, 0.4) is 0 Å². The fourth-order valence-electron chi connectivity index (χ4n) is 6.26. The molecule has 21 heavy (non-hydrogen) atoms. The second-order valence-electron chi connectivity index (χ2n) is 8.63. The zero-order chi connectivity index (χ0) is 14.4. The highest BCUT2D eigenvalue weighted by Crippen LogP contribution is 2.55. The molecule has 4 aliphatic carbocycles. The van der Waals surface area contributed by atoms with Crippen molar-refractivity contribution in [3.63, 3.8) is 0 Å². The van der Waals surface area contributed by atoms with Gasteiger partial charge in [-0.25, -0.2) is 0 Å². The first kappa shape index (κ1) is 14.0. The number of hydrogen-bond donors (Lipinski definition) is 2. The molecule has 0 aromatic rings. The average molecular weight is 291 g/mol. The molecule has 1 saturated heterocycles. The van der Waals surface area contributed by atoms with Gasteiger partial charge < -0.3 is 10.2 Å². The van der Waals surface area contributed by atoms with Crippen LogP contribution in [0.25, 0.3) is 0 Å². The van der Waals surface area contributed by atoms with Gasteiger partial charge in [0, 0.05) is 5.54 Å². The van der Waals surface area contributed by atoms with E-state index in [-0.39, 0.29) is 11.6 Å². The van der Waals surface area contributed by atoms with Gasteiger partial charge in [0.2, 0.25) is 0 Å². The van der Waals surface area contributed by atoms with Gasteiger partial charge in [-0.2, -0.15) is 0 Å². The Morgan fingerprint density at radius 2 is 1.52 bits per heavy atom. The summed E-state index contributed by atoms with van der Waals surface area (Å²) in [5.74, 6) is 3.08. The number of likely N-dealkylation sites (tertiary alicyclic amines) is 1. The molecule has 0 aromatic carbocycles. The molecule has 0 radical (unpaired) electrons. The Morgan fingerprint density at radius 1 is 1.00 bits per heavy atom. The minimum absolute atomic E-state index is 0.151. The van der Waals surface area contributed by atoms with Gasteiger partial charge in [-0.15, -0.1) is 0 Å². The number of hydrogen-bond acceptors (Lipinski definition) is 1. The normalized spacial score (nSPS) is 43.8. The maximum atomic E-state index is 12.8. The van der Waals surface area contributed by atoms with Crippen molar-refractivity contribution in [2.75, 3.05) is 13.1 Å². The van der Waals surface area contributed by atoms with Gasteiger partial charge in [-0.3, -0.25) is 4.79 Å². The maximum Gasteiger partial charge on any atom is 0.278 e. The third-order valence-corrected chi connectivity index (χ3v) is 6.93. The minimum Gasteiger partial charge on any atom is -0.345 e. The summed E-state index contributed by atoms with van der Waals surface area (Å²) in [5, 5.41) is 3.56. The van der Waals surface area contributed by atoms with Crippen molar-refractivity contribution in [2.45, 2.75) is 76.3 Å². The van der Waals surface area contributed by atoms with Crippen molar-refractivity contribution in [1.82, 2.24) is 5.32 Å². The van der Waals surface area contributed by atoms with Crippen LogP contribution in [0.4, 0.5) is 0 Å². The number of piperidine rings is 1. The summed E-state index contributed by atoms with van der Waals surface area (Å²) in [6.07, 6.45) is 12.1. The van der Waals surface area contributed by atoms with Crippen molar-refractivity contribution < 1.29 is 9.69 Å². The van der Waals surface area contributed by atoms with Gasteiger partial charge in [-0.1, -0.05) is 0 Å². The van der Waals surface area contributed by atoms with Crippen LogP contribution in [0.5, 0.6) is 0 Å². The van der Waals surface area contributed by atoms with E-state index in [0.29, 0.717) is 5.91 Å². The van der Waals surface area contributed by atoms with E-state index in [1.807, 2.05) is 0 Å². The fourth-order valence-corrected chi connectivity index (χ4v) is 6.26. The topological polar surface area (TPSA) is 33.5 Å². The summed E-state index contributed by atoms with van der Waals surface area (Å²) in [4.78, 5) is 14.3. The summed E-state index contributed by atoms with van der Waals surface area (Å²) < 4.78 is 0. The number of carbonyl (C=O) groups excluding carboxylic acids is 1. The molecule has 0 spiro atoms. The first-order chi connectivity index (χ1) is 10.1. The van der Waals surface area contributed by atoms with E-state index in [0.717, 1.165) is 17.8 Å². The third kappa shape index (κ3) is 2.62. The van der Waals surface area contributed by atoms with E-state index < -0.39 is 0 Å². The predicted octanol–water partition coefficient (Wildman–Crippen LogP) is 1.53. The SMILES string of the molecule is C[C@@H](C(=O)NC12CC3CC(CC(C3)C1)C2)[NH+]1CCCCC1. The lowest BCUT2D eigenvalue weighted by Crippen LogP contribution is -3.17. The van der Waals surface area contributed by atoms with E-state index in [1.165, 1.54) is 75.8 Å². The Morgan fingerprint density at radius 3 is 2.05 bits per heavy atom. The van der Waals surface area contributed by atoms with E-state index in [9.17, 15) is 4.79 Å². The van der Waals surface area contributed by atoms with Crippen LogP contribution >= 0.6 is 0 Å². The summed E-state index contributed by atoms with van der Waals surface area (Å²) in [6.45, 7) is 4.53. The average Bonchev–Trinajstić information content (AvgIpc) is 2.45. The predicted molar refractivity (Wildman–Crippen MR) is 83.1 cm³/mol. The van der Waals surface area contributed by atoms with Crippen molar-refractivity contribution in [2.24, 2.45) is 17.8 Å². The van der Waals surface area contributed by atoms with Crippen LogP contribution in [0.2, 0.25) is 0 Å². The largest absolute Gasteiger partial charge is 0.345 e. The van der Waals surface area contributed by atoms with Crippen LogP contribution < -0.4 is 10.2 Å². The lowest BCUT2D eigenvalue weighted by Gasteiger charge is -2.57. The maximum absolute atomic E-state index is 12.8. The highest BCUT2D eigenvalue weighted by Gasteiger charge is 2.52. The van der Waals surface area contributed by atoms with Gasteiger partial charge in [-0.05, 0) is 82.5 Å². The minimum atomic E-state index is 0.151. The van der Waals surface area contributed by atoms with Gasteiger partial charge in [0.05, 0.1) is 13.1 Å². The fraction of sp³-hybridized carbons (Fsp3) is 0.944. The van der Waals surface area contributed by atoms with Crippen LogP contribution in [-0.4, -0.2) is 30.6 Å². The van der Waals surface area contributed by atoms with E-state index >= 15 is 0 Å². The highest BCUT2D eigenvalue weighted by atomic mass is 16.2. The number of rotatable bonds is 3. The molecule has 5 rings (SSSR count). The van der Waals surface area contributed by atoms with Crippen molar-refractivity contribution in [3.8, 4) is 0 Å². The molecule has 1 amide bonds. The summed E-state index contributed by atoms with van der Waals surface area (Å²) >= 11 is 0. The first-order valence-electron chi connectivity index (χ1n) is 9.30. The molecule has 5 fully saturated rings. The molecular weight excluding hydrogens is 260 g/mol. The Balaban J connectivity index is 1.42. The molecule has 3 heteroatoms. The molecule has 2 N–H and O–H groups in total. The number of carbonyl (C=O) groups is 1. The van der Waals surface area contributed by atoms with Gasteiger partial charge in [0.15, 0.2) is 6.04 Å². The molecule has 1 heterocycles. The summed E-state index contributed by atoms with van der Waals surface area (Å²) in [6, 6.07) is 0.151. The summed E-state index contributed by atoms with van der Waals surface area (Å²) in [7, 11) is 0. The second-order valence-corrected chi connectivity index (χ2v) is 8.63. The Kier molecular flexibility index (Phi) is 3.52. The van der Waals surface area contributed by atoms with Crippen LogP contribution in [0.15, 0.2) is 0 Å². The summed E-state index contributed by atoms with van der Waals surface area (Å²) in [5.41, 5.74) is 0.190. The van der Waals surface area contributed by atoms with Crippen molar-refractivity contribution in [3.05, 3.63) is 0 Å². The Labute approximate surface area is 128 Å². The Hall–Kier alpha value is -0.570. The quantitative estimate of drug-likeness (QED) is 0.812. The number of quaternary nitrogens is 1. The van der Waals surface area contributed by atoms with Crippen LogP contribution in [0, 0.1) is 17.8 Å². The molecule has 4 saturated carbocycles. The molecule has 4 bridgehead atoms. The zero-order valence-electron chi connectivity index (χ0n) is 13.5. The molecule has 5 aliphatic rings.